The van der Waals surface area contributed by atoms with Gasteiger partial charge in [0.1, 0.15) is 5.75 Å². The second kappa shape index (κ2) is 7.75. The van der Waals surface area contributed by atoms with E-state index in [-0.39, 0.29) is 31.4 Å². The maximum Gasteiger partial charge on any atom is 0.307 e. The van der Waals surface area contributed by atoms with Gasteiger partial charge in [0.15, 0.2) is 6.61 Å². The molecule has 0 N–H and O–H groups in total. The summed E-state index contributed by atoms with van der Waals surface area (Å²) in [5, 5.41) is 0.459. The molecule has 0 atom stereocenters. The molecule has 110 valence electrons. The van der Waals surface area contributed by atoms with Gasteiger partial charge < -0.3 is 14.4 Å². The van der Waals surface area contributed by atoms with Crippen LogP contribution in [-0.2, 0) is 14.3 Å². The summed E-state index contributed by atoms with van der Waals surface area (Å²) in [6, 6.07) is 5.35. The molecule has 0 fully saturated rings. The number of esters is 1. The van der Waals surface area contributed by atoms with Gasteiger partial charge in [-0.2, -0.15) is 0 Å². The number of halogens is 1. The molecule has 1 rings (SSSR count). The van der Waals surface area contributed by atoms with Gasteiger partial charge in [-0.1, -0.05) is 17.7 Å². The van der Waals surface area contributed by atoms with Crippen molar-refractivity contribution in [2.24, 2.45) is 0 Å². The number of hydrogen-bond acceptors (Lipinski definition) is 4. The van der Waals surface area contributed by atoms with E-state index in [4.69, 9.17) is 16.3 Å². The minimum atomic E-state index is -0.354. The van der Waals surface area contributed by atoms with E-state index in [1.807, 2.05) is 13.0 Å². The molecule has 0 unspecified atom stereocenters. The number of rotatable bonds is 6. The summed E-state index contributed by atoms with van der Waals surface area (Å²) in [4.78, 5) is 24.2. The number of nitrogens with zero attached hydrogens (tertiary/aromatic N) is 1. The molecule has 0 aromatic heterocycles. The van der Waals surface area contributed by atoms with Gasteiger partial charge in [0.05, 0.1) is 18.6 Å². The van der Waals surface area contributed by atoms with Crippen LogP contribution in [0, 0.1) is 6.92 Å². The SMILES string of the molecule is COC(=O)CCN(C)C(=O)COc1cc(C)ccc1Cl. The van der Waals surface area contributed by atoms with E-state index >= 15 is 0 Å². The van der Waals surface area contributed by atoms with Crippen molar-refractivity contribution in [3.63, 3.8) is 0 Å². The number of benzene rings is 1. The quantitative estimate of drug-likeness (QED) is 0.754. The zero-order chi connectivity index (χ0) is 15.1. The highest BCUT2D eigenvalue weighted by atomic mass is 35.5. The molecule has 1 aromatic rings. The molecule has 0 saturated heterocycles. The molecule has 0 bridgehead atoms. The number of aryl methyl sites for hydroxylation is 1. The molecule has 1 amide bonds. The lowest BCUT2D eigenvalue weighted by atomic mass is 10.2. The number of methoxy groups -OCH3 is 1. The Morgan fingerprint density at radius 1 is 1.35 bits per heavy atom. The van der Waals surface area contributed by atoms with Crippen molar-refractivity contribution < 1.29 is 19.1 Å². The van der Waals surface area contributed by atoms with Gasteiger partial charge >= 0.3 is 5.97 Å². The molecule has 0 saturated carbocycles. The molecule has 0 aliphatic rings. The lowest BCUT2D eigenvalue weighted by Gasteiger charge is -2.17. The van der Waals surface area contributed by atoms with Crippen molar-refractivity contribution in [3.8, 4) is 5.75 Å². The maximum absolute atomic E-state index is 11.8. The first kappa shape index (κ1) is 16.3. The maximum atomic E-state index is 11.8. The number of likely N-dealkylation sites (N-methyl/N-ethyl adjacent to an activating group) is 1. The number of carbonyl (C=O) groups excluding carboxylic acids is 2. The average Bonchev–Trinajstić information content (AvgIpc) is 2.44. The smallest absolute Gasteiger partial charge is 0.307 e. The summed E-state index contributed by atoms with van der Waals surface area (Å²) in [6.45, 7) is 2.07. The molecule has 1 aromatic carbocycles. The molecule has 0 heterocycles. The van der Waals surface area contributed by atoms with Crippen molar-refractivity contribution in [1.82, 2.24) is 4.90 Å². The normalized spacial score (nSPS) is 10.0. The topological polar surface area (TPSA) is 55.8 Å². The van der Waals surface area contributed by atoms with Crippen LogP contribution < -0.4 is 4.74 Å². The Bertz CT molecular complexity index is 490. The Hall–Kier alpha value is -1.75. The van der Waals surface area contributed by atoms with Crippen molar-refractivity contribution >= 4 is 23.5 Å². The van der Waals surface area contributed by atoms with Crippen LogP contribution in [0.3, 0.4) is 0 Å². The molecule has 0 radical (unpaired) electrons. The Balaban J connectivity index is 2.46. The summed E-state index contributed by atoms with van der Waals surface area (Å²) in [7, 11) is 2.92. The third-order valence-electron chi connectivity index (χ3n) is 2.74. The Morgan fingerprint density at radius 2 is 2.05 bits per heavy atom. The van der Waals surface area contributed by atoms with E-state index in [0.717, 1.165) is 5.56 Å². The van der Waals surface area contributed by atoms with Crippen LogP contribution in [0.1, 0.15) is 12.0 Å². The highest BCUT2D eigenvalue weighted by Gasteiger charge is 2.12. The lowest BCUT2D eigenvalue weighted by Crippen LogP contribution is -2.33. The van der Waals surface area contributed by atoms with Crippen molar-refractivity contribution in [2.45, 2.75) is 13.3 Å². The fourth-order valence-electron chi connectivity index (χ4n) is 1.46. The van der Waals surface area contributed by atoms with Gasteiger partial charge in [0, 0.05) is 13.6 Å². The third-order valence-corrected chi connectivity index (χ3v) is 3.05. The summed E-state index contributed by atoms with van der Waals surface area (Å²) >= 11 is 5.97. The molecule has 0 aliphatic heterocycles. The number of carbonyl (C=O) groups is 2. The standard InChI is InChI=1S/C14H18ClNO4/c1-10-4-5-11(15)12(8-10)20-9-13(17)16(2)7-6-14(18)19-3/h4-5,8H,6-7,9H2,1-3H3. The summed E-state index contributed by atoms with van der Waals surface area (Å²) in [6.07, 6.45) is 0.157. The van der Waals surface area contributed by atoms with Gasteiger partial charge in [0.2, 0.25) is 0 Å². The van der Waals surface area contributed by atoms with Gasteiger partial charge in [0.25, 0.3) is 5.91 Å². The highest BCUT2D eigenvalue weighted by molar-refractivity contribution is 6.32. The summed E-state index contributed by atoms with van der Waals surface area (Å²) in [5.74, 6) is -0.111. The van der Waals surface area contributed by atoms with Gasteiger partial charge in [-0.25, -0.2) is 0 Å². The minimum absolute atomic E-state index is 0.124. The molecular weight excluding hydrogens is 282 g/mol. The van der Waals surface area contributed by atoms with E-state index in [2.05, 4.69) is 4.74 Å². The zero-order valence-corrected chi connectivity index (χ0v) is 12.6. The predicted octanol–water partition coefficient (Wildman–Crippen LogP) is 2.05. The summed E-state index contributed by atoms with van der Waals surface area (Å²) in [5.41, 5.74) is 0.996. The third kappa shape index (κ3) is 5.09. The number of hydrogen-bond donors (Lipinski definition) is 0. The van der Waals surface area contributed by atoms with E-state index in [9.17, 15) is 9.59 Å². The zero-order valence-electron chi connectivity index (χ0n) is 11.8. The van der Waals surface area contributed by atoms with Crippen LogP contribution in [0.25, 0.3) is 0 Å². The van der Waals surface area contributed by atoms with Crippen molar-refractivity contribution in [2.75, 3.05) is 27.3 Å². The molecule has 6 heteroatoms. The molecule has 20 heavy (non-hydrogen) atoms. The monoisotopic (exact) mass is 299 g/mol. The van der Waals surface area contributed by atoms with Crippen LogP contribution in [0.2, 0.25) is 5.02 Å². The molecule has 5 nitrogen and oxygen atoms in total. The van der Waals surface area contributed by atoms with Gasteiger partial charge in [-0.15, -0.1) is 0 Å². The van der Waals surface area contributed by atoms with Crippen LogP contribution in [0.5, 0.6) is 5.75 Å². The van der Waals surface area contributed by atoms with E-state index in [1.165, 1.54) is 12.0 Å². The minimum Gasteiger partial charge on any atom is -0.482 e. The predicted molar refractivity (Wildman–Crippen MR) is 76.0 cm³/mol. The van der Waals surface area contributed by atoms with Crippen molar-refractivity contribution in [3.05, 3.63) is 28.8 Å². The van der Waals surface area contributed by atoms with Crippen LogP contribution >= 0.6 is 11.6 Å². The van der Waals surface area contributed by atoms with E-state index in [0.29, 0.717) is 10.8 Å². The van der Waals surface area contributed by atoms with Gasteiger partial charge in [-0.05, 0) is 24.6 Å². The lowest BCUT2D eigenvalue weighted by molar-refractivity contribution is -0.141. The summed E-state index contributed by atoms with van der Waals surface area (Å²) < 4.78 is 9.91. The first-order valence-corrected chi connectivity index (χ1v) is 6.51. The number of ether oxygens (including phenoxy) is 2. The van der Waals surface area contributed by atoms with E-state index in [1.54, 1.807) is 19.2 Å². The average molecular weight is 300 g/mol. The Kier molecular flexibility index (Phi) is 6.31. The molecule has 0 spiro atoms. The largest absolute Gasteiger partial charge is 0.482 e. The Labute approximate surface area is 123 Å². The first-order chi connectivity index (χ1) is 9.43. The molecule has 0 aliphatic carbocycles. The van der Waals surface area contributed by atoms with E-state index < -0.39 is 0 Å². The van der Waals surface area contributed by atoms with Crippen LogP contribution in [0.4, 0.5) is 0 Å². The van der Waals surface area contributed by atoms with Crippen molar-refractivity contribution in [1.29, 1.82) is 0 Å². The highest BCUT2D eigenvalue weighted by Crippen LogP contribution is 2.25. The second-order valence-corrected chi connectivity index (χ2v) is 4.77. The fourth-order valence-corrected chi connectivity index (χ4v) is 1.63. The van der Waals surface area contributed by atoms with Crippen LogP contribution in [0.15, 0.2) is 18.2 Å². The van der Waals surface area contributed by atoms with Crippen LogP contribution in [-0.4, -0.2) is 44.1 Å². The van der Waals surface area contributed by atoms with Gasteiger partial charge in [-0.3, -0.25) is 9.59 Å². The second-order valence-electron chi connectivity index (χ2n) is 4.36. The fraction of sp³-hybridized carbons (Fsp3) is 0.429. The first-order valence-electron chi connectivity index (χ1n) is 6.13. The Morgan fingerprint density at radius 3 is 2.70 bits per heavy atom. The number of amides is 1. The molecular formula is C14H18ClNO4.